The van der Waals surface area contributed by atoms with Crippen LogP contribution in [0.5, 0.6) is 5.75 Å². The average molecular weight is 340 g/mol. The van der Waals surface area contributed by atoms with E-state index in [1.54, 1.807) is 36.7 Å². The molecule has 0 saturated heterocycles. The smallest absolute Gasteiger partial charge is 0.277 e. The molecule has 120 valence electrons. The Balaban J connectivity index is 1.59. The standard InChI is InChI=1S/C18H14ClN3O2/c19-15-6-2-4-8-17(15)24-12-18(23)22-21-11-13-9-10-20-16-7-3-1-5-14(13)16/h1-11H,12H2,(H,22,23)/b21-11+. The van der Waals surface area contributed by atoms with E-state index in [1.807, 2.05) is 30.3 Å². The van der Waals surface area contributed by atoms with Gasteiger partial charge in [-0.2, -0.15) is 5.10 Å². The molecule has 1 N–H and O–H groups in total. The van der Waals surface area contributed by atoms with Gasteiger partial charge in [0.15, 0.2) is 6.61 Å². The first-order valence-corrected chi connectivity index (χ1v) is 7.65. The summed E-state index contributed by atoms with van der Waals surface area (Å²) in [7, 11) is 0. The van der Waals surface area contributed by atoms with Crippen molar-refractivity contribution in [3.63, 3.8) is 0 Å². The zero-order chi connectivity index (χ0) is 16.8. The highest BCUT2D eigenvalue weighted by Crippen LogP contribution is 2.22. The fourth-order valence-corrected chi connectivity index (χ4v) is 2.33. The average Bonchev–Trinajstić information content (AvgIpc) is 2.61. The minimum Gasteiger partial charge on any atom is -0.482 e. The lowest BCUT2D eigenvalue weighted by Gasteiger charge is -2.06. The molecule has 3 rings (SSSR count). The molecule has 1 heterocycles. The van der Waals surface area contributed by atoms with Gasteiger partial charge in [0, 0.05) is 17.1 Å². The molecule has 0 atom stereocenters. The summed E-state index contributed by atoms with van der Waals surface area (Å²) in [6.07, 6.45) is 3.28. The van der Waals surface area contributed by atoms with Gasteiger partial charge in [-0.3, -0.25) is 9.78 Å². The summed E-state index contributed by atoms with van der Waals surface area (Å²) < 4.78 is 5.34. The number of rotatable bonds is 5. The van der Waals surface area contributed by atoms with Gasteiger partial charge in [-0.1, -0.05) is 41.9 Å². The molecular weight excluding hydrogens is 326 g/mol. The summed E-state index contributed by atoms with van der Waals surface area (Å²) in [5, 5.41) is 5.38. The van der Waals surface area contributed by atoms with Crippen molar-refractivity contribution < 1.29 is 9.53 Å². The molecule has 0 spiro atoms. The summed E-state index contributed by atoms with van der Waals surface area (Å²) in [5.41, 5.74) is 4.17. The second kappa shape index (κ2) is 7.57. The van der Waals surface area contributed by atoms with E-state index in [4.69, 9.17) is 16.3 Å². The highest BCUT2D eigenvalue weighted by molar-refractivity contribution is 6.32. The van der Waals surface area contributed by atoms with E-state index in [0.717, 1.165) is 16.5 Å². The fraction of sp³-hybridized carbons (Fsp3) is 0.0556. The van der Waals surface area contributed by atoms with Gasteiger partial charge in [0.05, 0.1) is 16.8 Å². The number of ether oxygens (including phenoxy) is 1. The van der Waals surface area contributed by atoms with Gasteiger partial charge < -0.3 is 4.74 Å². The van der Waals surface area contributed by atoms with Crippen LogP contribution >= 0.6 is 11.6 Å². The maximum atomic E-state index is 11.8. The molecule has 0 aliphatic carbocycles. The number of para-hydroxylation sites is 2. The van der Waals surface area contributed by atoms with E-state index in [2.05, 4.69) is 15.5 Å². The number of carbonyl (C=O) groups excluding carboxylic acids is 1. The topological polar surface area (TPSA) is 63.6 Å². The molecule has 0 radical (unpaired) electrons. The SMILES string of the molecule is O=C(COc1ccccc1Cl)N/N=C/c1ccnc2ccccc12. The summed E-state index contributed by atoms with van der Waals surface area (Å²) in [6, 6.07) is 16.5. The van der Waals surface area contributed by atoms with E-state index in [1.165, 1.54) is 0 Å². The van der Waals surface area contributed by atoms with Crippen LogP contribution in [-0.2, 0) is 4.79 Å². The van der Waals surface area contributed by atoms with Crippen LogP contribution in [0.4, 0.5) is 0 Å². The maximum absolute atomic E-state index is 11.8. The first kappa shape index (κ1) is 16.0. The molecule has 0 aliphatic rings. The third-order valence-corrected chi connectivity index (χ3v) is 3.58. The number of hydrogen-bond donors (Lipinski definition) is 1. The van der Waals surface area contributed by atoms with Crippen molar-refractivity contribution in [2.24, 2.45) is 5.10 Å². The molecular formula is C18H14ClN3O2. The van der Waals surface area contributed by atoms with Crippen molar-refractivity contribution in [3.8, 4) is 5.75 Å². The quantitative estimate of drug-likeness (QED) is 0.572. The molecule has 0 bridgehead atoms. The van der Waals surface area contributed by atoms with Crippen LogP contribution in [-0.4, -0.2) is 23.7 Å². The Labute approximate surface area is 143 Å². The van der Waals surface area contributed by atoms with Gasteiger partial charge in [-0.05, 0) is 24.3 Å². The highest BCUT2D eigenvalue weighted by atomic mass is 35.5. The Morgan fingerprint density at radius 2 is 1.96 bits per heavy atom. The maximum Gasteiger partial charge on any atom is 0.277 e. The van der Waals surface area contributed by atoms with Gasteiger partial charge in [0.25, 0.3) is 5.91 Å². The number of pyridine rings is 1. The fourth-order valence-electron chi connectivity index (χ4n) is 2.14. The van der Waals surface area contributed by atoms with E-state index in [0.29, 0.717) is 10.8 Å². The van der Waals surface area contributed by atoms with Gasteiger partial charge in [0.2, 0.25) is 0 Å². The predicted molar refractivity (Wildman–Crippen MR) is 94.4 cm³/mol. The van der Waals surface area contributed by atoms with Crippen molar-refractivity contribution >= 4 is 34.6 Å². The number of nitrogens with one attached hydrogen (secondary N) is 1. The number of hydrogen-bond acceptors (Lipinski definition) is 4. The molecule has 24 heavy (non-hydrogen) atoms. The van der Waals surface area contributed by atoms with E-state index in [-0.39, 0.29) is 12.5 Å². The molecule has 5 nitrogen and oxygen atoms in total. The molecule has 0 unspecified atom stereocenters. The van der Waals surface area contributed by atoms with Crippen molar-refractivity contribution in [3.05, 3.63) is 71.4 Å². The van der Waals surface area contributed by atoms with Crippen LogP contribution in [0.25, 0.3) is 10.9 Å². The molecule has 1 amide bonds. The Morgan fingerprint density at radius 1 is 1.17 bits per heavy atom. The zero-order valence-corrected chi connectivity index (χ0v) is 13.4. The third kappa shape index (κ3) is 3.88. The molecule has 0 aliphatic heterocycles. The third-order valence-electron chi connectivity index (χ3n) is 3.27. The van der Waals surface area contributed by atoms with E-state index in [9.17, 15) is 4.79 Å². The van der Waals surface area contributed by atoms with Crippen LogP contribution in [0.3, 0.4) is 0 Å². The van der Waals surface area contributed by atoms with Gasteiger partial charge >= 0.3 is 0 Å². The zero-order valence-electron chi connectivity index (χ0n) is 12.6. The summed E-state index contributed by atoms with van der Waals surface area (Å²) in [5.74, 6) is 0.0861. The van der Waals surface area contributed by atoms with Crippen molar-refractivity contribution in [2.45, 2.75) is 0 Å². The van der Waals surface area contributed by atoms with E-state index < -0.39 is 0 Å². The van der Waals surface area contributed by atoms with E-state index >= 15 is 0 Å². The summed E-state index contributed by atoms with van der Waals surface area (Å²) >= 11 is 5.96. The number of benzene rings is 2. The number of carbonyl (C=O) groups is 1. The van der Waals surface area contributed by atoms with Crippen LogP contribution < -0.4 is 10.2 Å². The normalized spacial score (nSPS) is 10.9. The number of nitrogens with zero attached hydrogens (tertiary/aromatic N) is 2. The Morgan fingerprint density at radius 3 is 2.83 bits per heavy atom. The van der Waals surface area contributed by atoms with Crippen LogP contribution in [0, 0.1) is 0 Å². The first-order valence-electron chi connectivity index (χ1n) is 7.27. The molecule has 2 aromatic carbocycles. The monoisotopic (exact) mass is 339 g/mol. The first-order chi connectivity index (χ1) is 11.7. The Bertz CT molecular complexity index is 891. The summed E-state index contributed by atoms with van der Waals surface area (Å²) in [6.45, 7) is -0.168. The minimum absolute atomic E-state index is 0.168. The Kier molecular flexibility index (Phi) is 5.03. The highest BCUT2D eigenvalue weighted by Gasteiger charge is 2.04. The molecule has 6 heteroatoms. The second-order valence-electron chi connectivity index (χ2n) is 4.93. The molecule has 0 fully saturated rings. The molecule has 0 saturated carbocycles. The van der Waals surface area contributed by atoms with Gasteiger partial charge in [0.1, 0.15) is 5.75 Å². The van der Waals surface area contributed by atoms with Crippen LogP contribution in [0.1, 0.15) is 5.56 Å². The predicted octanol–water partition coefficient (Wildman–Crippen LogP) is 3.42. The number of aromatic nitrogens is 1. The lowest BCUT2D eigenvalue weighted by Crippen LogP contribution is -2.24. The van der Waals surface area contributed by atoms with Gasteiger partial charge in [-0.15, -0.1) is 0 Å². The second-order valence-corrected chi connectivity index (χ2v) is 5.34. The molecule has 1 aromatic heterocycles. The molecule has 3 aromatic rings. The van der Waals surface area contributed by atoms with Gasteiger partial charge in [-0.25, -0.2) is 5.43 Å². The van der Waals surface area contributed by atoms with Crippen molar-refractivity contribution in [1.29, 1.82) is 0 Å². The number of halogens is 1. The number of fused-ring (bicyclic) bond motifs is 1. The minimum atomic E-state index is -0.371. The van der Waals surface area contributed by atoms with Crippen molar-refractivity contribution in [1.82, 2.24) is 10.4 Å². The number of amides is 1. The van der Waals surface area contributed by atoms with Crippen molar-refractivity contribution in [2.75, 3.05) is 6.61 Å². The lowest BCUT2D eigenvalue weighted by atomic mass is 10.1. The largest absolute Gasteiger partial charge is 0.482 e. The summed E-state index contributed by atoms with van der Waals surface area (Å²) in [4.78, 5) is 16.1. The lowest BCUT2D eigenvalue weighted by molar-refractivity contribution is -0.123. The number of hydrazone groups is 1. The van der Waals surface area contributed by atoms with Crippen LogP contribution in [0.15, 0.2) is 65.9 Å². The van der Waals surface area contributed by atoms with Crippen LogP contribution in [0.2, 0.25) is 5.02 Å². The Hall–Kier alpha value is -2.92.